The highest BCUT2D eigenvalue weighted by molar-refractivity contribution is 5.63. The Morgan fingerprint density at radius 1 is 1.12 bits per heavy atom. The van der Waals surface area contributed by atoms with Crippen LogP contribution in [-0.2, 0) is 0 Å². The first-order chi connectivity index (χ1) is 7.70. The number of hydrogen-bond donors (Lipinski definition) is 0. The van der Waals surface area contributed by atoms with Crippen LogP contribution in [0.25, 0.3) is 5.57 Å². The summed E-state index contributed by atoms with van der Waals surface area (Å²) in [5.41, 5.74) is 2.58. The molecule has 0 saturated carbocycles. The Balaban J connectivity index is 0.00000144. The van der Waals surface area contributed by atoms with Gasteiger partial charge in [0, 0.05) is 5.57 Å². The van der Waals surface area contributed by atoms with E-state index < -0.39 is 0 Å². The molecule has 0 bridgehead atoms. The maximum Gasteiger partial charge on any atom is 0.104 e. The summed E-state index contributed by atoms with van der Waals surface area (Å²) in [5, 5.41) is 0. The van der Waals surface area contributed by atoms with Crippen LogP contribution in [-0.4, -0.2) is 31.2 Å². The lowest BCUT2D eigenvalue weighted by molar-refractivity contribution is -0.906. The monoisotopic (exact) mass is 295 g/mol. The van der Waals surface area contributed by atoms with Crippen molar-refractivity contribution < 1.29 is 21.5 Å². The van der Waals surface area contributed by atoms with Crippen molar-refractivity contribution in [3.63, 3.8) is 0 Å². The molecular weight excluding hydrogens is 274 g/mol. The highest BCUT2D eigenvalue weighted by Crippen LogP contribution is 2.22. The standard InChI is InChI=1S/C15H22N.BrH/c1-14(15-9-5-3-6-10-15)13-16(2)11-7-4-8-12-16;/h3,5-6,9-10H,1,4,7-8,11-13H2,2H3;1H/q+1;/p-1. The van der Waals surface area contributed by atoms with E-state index >= 15 is 0 Å². The number of piperidine rings is 1. The number of likely N-dealkylation sites (N-methyl/N-ethyl adjacent to an activating group) is 1. The first-order valence-electron chi connectivity index (χ1n) is 6.26. The summed E-state index contributed by atoms with van der Waals surface area (Å²) in [6.07, 6.45) is 4.16. The van der Waals surface area contributed by atoms with Crippen molar-refractivity contribution in [2.24, 2.45) is 0 Å². The molecule has 0 aliphatic carbocycles. The second-order valence-corrected chi connectivity index (χ2v) is 5.26. The highest BCUT2D eigenvalue weighted by atomic mass is 79.9. The first kappa shape index (κ1) is 14.5. The van der Waals surface area contributed by atoms with Gasteiger partial charge < -0.3 is 21.5 Å². The van der Waals surface area contributed by atoms with Gasteiger partial charge in [-0.25, -0.2) is 0 Å². The molecule has 1 aromatic rings. The summed E-state index contributed by atoms with van der Waals surface area (Å²) in [7, 11) is 2.37. The minimum atomic E-state index is 0. The number of benzene rings is 1. The van der Waals surface area contributed by atoms with Crippen molar-refractivity contribution in [1.29, 1.82) is 0 Å². The molecule has 0 radical (unpaired) electrons. The molecule has 1 aliphatic rings. The molecule has 0 N–H and O–H groups in total. The lowest BCUT2D eigenvalue weighted by Gasteiger charge is -2.38. The molecule has 1 heterocycles. The lowest BCUT2D eigenvalue weighted by atomic mass is 10.0. The summed E-state index contributed by atoms with van der Waals surface area (Å²) in [6, 6.07) is 10.6. The maximum atomic E-state index is 4.25. The van der Waals surface area contributed by atoms with E-state index in [9.17, 15) is 0 Å². The summed E-state index contributed by atoms with van der Waals surface area (Å²) < 4.78 is 1.17. The summed E-state index contributed by atoms with van der Waals surface area (Å²) in [5.74, 6) is 0. The van der Waals surface area contributed by atoms with Gasteiger partial charge in [-0.2, -0.15) is 0 Å². The van der Waals surface area contributed by atoms with Crippen molar-refractivity contribution in [2.45, 2.75) is 19.3 Å². The summed E-state index contributed by atoms with van der Waals surface area (Å²) >= 11 is 0. The fourth-order valence-corrected chi connectivity index (χ4v) is 2.66. The second-order valence-electron chi connectivity index (χ2n) is 5.26. The Hall–Kier alpha value is -0.600. The number of hydrogen-bond acceptors (Lipinski definition) is 0. The first-order valence-corrected chi connectivity index (χ1v) is 6.26. The number of likely N-dealkylation sites (tertiary alicyclic amines) is 1. The van der Waals surface area contributed by atoms with Crippen LogP contribution in [0.15, 0.2) is 36.9 Å². The highest BCUT2D eigenvalue weighted by Gasteiger charge is 2.25. The van der Waals surface area contributed by atoms with Crippen LogP contribution in [0.2, 0.25) is 0 Å². The van der Waals surface area contributed by atoms with Gasteiger partial charge >= 0.3 is 0 Å². The molecule has 0 amide bonds. The Morgan fingerprint density at radius 2 is 1.71 bits per heavy atom. The van der Waals surface area contributed by atoms with Crippen LogP contribution >= 0.6 is 0 Å². The normalized spacial score (nSPS) is 18.2. The number of nitrogens with zero attached hydrogens (tertiary/aromatic N) is 1. The van der Waals surface area contributed by atoms with E-state index in [1.807, 2.05) is 0 Å². The van der Waals surface area contributed by atoms with Crippen LogP contribution in [0.4, 0.5) is 0 Å². The van der Waals surface area contributed by atoms with Gasteiger partial charge in [0.15, 0.2) is 0 Å². The molecule has 1 saturated heterocycles. The second kappa shape index (κ2) is 6.36. The van der Waals surface area contributed by atoms with Crippen molar-refractivity contribution in [3.8, 4) is 0 Å². The molecule has 1 aromatic carbocycles. The number of quaternary nitrogens is 1. The molecule has 94 valence electrons. The van der Waals surface area contributed by atoms with Gasteiger partial charge in [0.1, 0.15) is 6.54 Å². The van der Waals surface area contributed by atoms with Crippen LogP contribution in [0, 0.1) is 0 Å². The quantitative estimate of drug-likeness (QED) is 0.706. The van der Waals surface area contributed by atoms with Gasteiger partial charge in [-0.1, -0.05) is 36.9 Å². The van der Waals surface area contributed by atoms with E-state index in [1.165, 1.54) is 48.0 Å². The minimum absolute atomic E-state index is 0. The van der Waals surface area contributed by atoms with Crippen molar-refractivity contribution >= 4 is 5.57 Å². The van der Waals surface area contributed by atoms with E-state index in [-0.39, 0.29) is 17.0 Å². The molecule has 17 heavy (non-hydrogen) atoms. The molecule has 2 rings (SSSR count). The van der Waals surface area contributed by atoms with Gasteiger partial charge in [0.2, 0.25) is 0 Å². The van der Waals surface area contributed by atoms with Gasteiger partial charge in [0.05, 0.1) is 20.1 Å². The molecule has 0 spiro atoms. The lowest BCUT2D eigenvalue weighted by Crippen LogP contribution is -3.00. The largest absolute Gasteiger partial charge is 1.00 e. The number of rotatable bonds is 3. The van der Waals surface area contributed by atoms with E-state index in [2.05, 4.69) is 44.0 Å². The van der Waals surface area contributed by atoms with Crippen LogP contribution in [0.5, 0.6) is 0 Å². The Morgan fingerprint density at radius 3 is 2.29 bits per heavy atom. The smallest absolute Gasteiger partial charge is 0.104 e. The predicted molar refractivity (Wildman–Crippen MR) is 70.1 cm³/mol. The maximum absolute atomic E-state index is 4.25. The molecule has 2 heteroatoms. The van der Waals surface area contributed by atoms with E-state index in [0.717, 1.165) is 6.54 Å². The average molecular weight is 296 g/mol. The molecule has 1 nitrogen and oxygen atoms in total. The third-order valence-corrected chi connectivity index (χ3v) is 3.65. The Labute approximate surface area is 116 Å². The minimum Gasteiger partial charge on any atom is -1.00 e. The summed E-state index contributed by atoms with van der Waals surface area (Å²) in [4.78, 5) is 0. The fraction of sp³-hybridized carbons (Fsp3) is 0.467. The number of halogens is 1. The van der Waals surface area contributed by atoms with Gasteiger partial charge in [-0.05, 0) is 24.8 Å². The predicted octanol–water partition coefficient (Wildman–Crippen LogP) is 0.334. The van der Waals surface area contributed by atoms with Gasteiger partial charge in [0.25, 0.3) is 0 Å². The average Bonchev–Trinajstić information content (AvgIpc) is 2.30. The molecule has 1 aliphatic heterocycles. The van der Waals surface area contributed by atoms with Crippen molar-refractivity contribution in [2.75, 3.05) is 26.7 Å². The molecular formula is C15H22BrN. The van der Waals surface area contributed by atoms with E-state index in [4.69, 9.17) is 0 Å². The zero-order valence-corrected chi connectivity index (χ0v) is 12.2. The fourth-order valence-electron chi connectivity index (χ4n) is 2.66. The molecule has 0 atom stereocenters. The van der Waals surface area contributed by atoms with Gasteiger partial charge in [-0.3, -0.25) is 0 Å². The van der Waals surface area contributed by atoms with Crippen molar-refractivity contribution in [3.05, 3.63) is 42.5 Å². The summed E-state index contributed by atoms with van der Waals surface area (Å²) in [6.45, 7) is 7.97. The zero-order chi connectivity index (χ0) is 11.4. The third-order valence-electron chi connectivity index (χ3n) is 3.65. The van der Waals surface area contributed by atoms with Crippen LogP contribution in [0.3, 0.4) is 0 Å². The molecule has 0 unspecified atom stereocenters. The van der Waals surface area contributed by atoms with Crippen molar-refractivity contribution in [1.82, 2.24) is 0 Å². The topological polar surface area (TPSA) is 0 Å². The zero-order valence-electron chi connectivity index (χ0n) is 10.7. The van der Waals surface area contributed by atoms with Crippen LogP contribution in [0.1, 0.15) is 24.8 Å². The third kappa shape index (κ3) is 3.97. The van der Waals surface area contributed by atoms with Gasteiger partial charge in [-0.15, -0.1) is 0 Å². The van der Waals surface area contributed by atoms with E-state index in [0.29, 0.717) is 0 Å². The molecule has 0 aromatic heterocycles. The SMILES string of the molecule is C=C(C[N+]1(C)CCCCC1)c1ccccc1.[Br-]. The van der Waals surface area contributed by atoms with Crippen LogP contribution < -0.4 is 17.0 Å². The molecule has 1 fully saturated rings. The Kier molecular flexibility index (Phi) is 5.41. The Bertz CT molecular complexity index is 352. The van der Waals surface area contributed by atoms with E-state index in [1.54, 1.807) is 0 Å².